The first kappa shape index (κ1) is 14.0. The van der Waals surface area contributed by atoms with Crippen molar-refractivity contribution >= 4 is 5.91 Å². The van der Waals surface area contributed by atoms with Crippen molar-refractivity contribution in [3.63, 3.8) is 0 Å². The van der Waals surface area contributed by atoms with Crippen LogP contribution in [0.2, 0.25) is 0 Å². The summed E-state index contributed by atoms with van der Waals surface area (Å²) in [6.07, 6.45) is 2.74. The lowest BCUT2D eigenvalue weighted by atomic mass is 9.95. The minimum absolute atomic E-state index is 0.140. The molecule has 7 heteroatoms. The molecule has 1 aliphatic rings. The zero-order valence-corrected chi connectivity index (χ0v) is 11.3. The maximum Gasteiger partial charge on any atom is 0.252 e. The van der Waals surface area contributed by atoms with Crippen LogP contribution >= 0.6 is 0 Å². The number of carbonyl (C=O) groups is 1. The van der Waals surface area contributed by atoms with Crippen LogP contribution in [-0.2, 0) is 27.4 Å². The summed E-state index contributed by atoms with van der Waals surface area (Å²) in [5.74, 6) is 0.686. The molecule has 1 aromatic rings. The highest BCUT2D eigenvalue weighted by Gasteiger charge is 2.35. The van der Waals surface area contributed by atoms with Gasteiger partial charge < -0.3 is 19.3 Å². The van der Waals surface area contributed by atoms with Crippen molar-refractivity contribution in [1.29, 1.82) is 0 Å². The van der Waals surface area contributed by atoms with E-state index in [1.165, 1.54) is 0 Å². The van der Waals surface area contributed by atoms with Gasteiger partial charge in [0.25, 0.3) is 5.91 Å². The number of hydrogen-bond donors (Lipinski definition) is 1. The number of rotatable bonds is 5. The Hall–Kier alpha value is -1.47. The van der Waals surface area contributed by atoms with Crippen LogP contribution < -0.4 is 5.32 Å². The lowest BCUT2D eigenvalue weighted by Crippen LogP contribution is -2.48. The Labute approximate surface area is 111 Å². The summed E-state index contributed by atoms with van der Waals surface area (Å²) < 4.78 is 15.4. The van der Waals surface area contributed by atoms with Crippen LogP contribution in [0.4, 0.5) is 0 Å². The molecular weight excluding hydrogens is 250 g/mol. The lowest BCUT2D eigenvalue weighted by Gasteiger charge is -2.32. The molecule has 2 rings (SSSR count). The number of hydrogen-bond acceptors (Lipinski definition) is 6. The molecule has 7 nitrogen and oxygen atoms in total. The first-order valence-corrected chi connectivity index (χ1v) is 6.37. The van der Waals surface area contributed by atoms with Gasteiger partial charge in [0.1, 0.15) is 12.2 Å². The number of methoxy groups -OCH3 is 1. The largest absolute Gasteiger partial charge is 0.377 e. The molecule has 1 atom stereocenters. The molecule has 0 saturated carbocycles. The van der Waals surface area contributed by atoms with E-state index in [4.69, 9.17) is 14.0 Å². The Morgan fingerprint density at radius 3 is 3.05 bits per heavy atom. The van der Waals surface area contributed by atoms with E-state index >= 15 is 0 Å². The maximum atomic E-state index is 12.1. The lowest BCUT2D eigenvalue weighted by molar-refractivity contribution is -0.150. The summed E-state index contributed by atoms with van der Waals surface area (Å²) in [7, 11) is 1.55. The Kier molecular flexibility index (Phi) is 4.49. The highest BCUT2D eigenvalue weighted by atomic mass is 16.5. The van der Waals surface area contributed by atoms with Gasteiger partial charge in [-0.25, -0.2) is 0 Å². The number of nitrogens with zero attached hydrogens (tertiary/aromatic N) is 2. The van der Waals surface area contributed by atoms with Gasteiger partial charge in [-0.15, -0.1) is 0 Å². The van der Waals surface area contributed by atoms with Crippen LogP contribution in [0.25, 0.3) is 0 Å². The van der Waals surface area contributed by atoms with Crippen molar-refractivity contribution in [3.8, 4) is 0 Å². The Bertz CT molecular complexity index is 426. The average Bonchev–Trinajstić information content (AvgIpc) is 2.85. The minimum atomic E-state index is -0.742. The maximum absolute atomic E-state index is 12.1. The van der Waals surface area contributed by atoms with Gasteiger partial charge in [0.05, 0.1) is 6.54 Å². The van der Waals surface area contributed by atoms with Crippen molar-refractivity contribution in [2.24, 2.45) is 0 Å². The van der Waals surface area contributed by atoms with E-state index in [0.29, 0.717) is 18.3 Å². The van der Waals surface area contributed by atoms with Crippen molar-refractivity contribution in [1.82, 2.24) is 15.5 Å². The second-order valence-electron chi connectivity index (χ2n) is 4.76. The third-order valence-electron chi connectivity index (χ3n) is 3.13. The van der Waals surface area contributed by atoms with Crippen LogP contribution in [0.15, 0.2) is 4.52 Å². The quantitative estimate of drug-likeness (QED) is 0.850. The van der Waals surface area contributed by atoms with Crippen LogP contribution in [0.1, 0.15) is 37.9 Å². The van der Waals surface area contributed by atoms with Crippen molar-refractivity contribution in [2.75, 3.05) is 13.7 Å². The predicted octanol–water partition coefficient (Wildman–Crippen LogP) is 0.791. The molecule has 0 bridgehead atoms. The molecule has 1 aliphatic heterocycles. The zero-order valence-electron chi connectivity index (χ0n) is 11.3. The number of ether oxygens (including phenoxy) is 2. The van der Waals surface area contributed by atoms with Crippen molar-refractivity contribution < 1.29 is 18.8 Å². The zero-order chi connectivity index (χ0) is 13.7. The van der Waals surface area contributed by atoms with E-state index in [1.54, 1.807) is 7.11 Å². The predicted molar refractivity (Wildman–Crippen MR) is 65.1 cm³/mol. The molecular formula is C12H19N3O4. The SMILES string of the molecule is COCc1noc(CNC(=O)[C@]2(C)CCCCO2)n1. The van der Waals surface area contributed by atoms with Crippen LogP contribution in [-0.4, -0.2) is 35.4 Å². The molecule has 106 valence electrons. The number of amides is 1. The first-order valence-electron chi connectivity index (χ1n) is 6.37. The van der Waals surface area contributed by atoms with E-state index in [2.05, 4.69) is 15.5 Å². The summed E-state index contributed by atoms with van der Waals surface area (Å²) in [4.78, 5) is 16.2. The van der Waals surface area contributed by atoms with Crippen molar-refractivity contribution in [3.05, 3.63) is 11.7 Å². The molecule has 0 aliphatic carbocycles. The fourth-order valence-electron chi connectivity index (χ4n) is 2.01. The summed E-state index contributed by atoms with van der Waals surface area (Å²) in [6.45, 7) is 2.93. The smallest absolute Gasteiger partial charge is 0.252 e. The molecule has 0 spiro atoms. The van der Waals surface area contributed by atoms with Crippen molar-refractivity contribution in [2.45, 2.75) is 44.9 Å². The monoisotopic (exact) mass is 269 g/mol. The van der Waals surface area contributed by atoms with Gasteiger partial charge in [-0.3, -0.25) is 4.79 Å². The van der Waals surface area contributed by atoms with E-state index < -0.39 is 5.60 Å². The van der Waals surface area contributed by atoms with Crippen LogP contribution in [0, 0.1) is 0 Å². The van der Waals surface area contributed by atoms with Crippen LogP contribution in [0.5, 0.6) is 0 Å². The highest BCUT2D eigenvalue weighted by molar-refractivity contribution is 5.84. The normalized spacial score (nSPS) is 23.3. The summed E-state index contributed by atoms with van der Waals surface area (Å²) in [6, 6.07) is 0. The Morgan fingerprint density at radius 1 is 1.53 bits per heavy atom. The second-order valence-corrected chi connectivity index (χ2v) is 4.76. The summed E-state index contributed by atoms with van der Waals surface area (Å²) in [5, 5.41) is 6.48. The molecule has 1 fully saturated rings. The topological polar surface area (TPSA) is 86.5 Å². The number of aromatic nitrogens is 2. The fraction of sp³-hybridized carbons (Fsp3) is 0.750. The molecule has 2 heterocycles. The van der Waals surface area contributed by atoms with E-state index in [0.717, 1.165) is 19.3 Å². The molecule has 0 unspecified atom stereocenters. The Balaban J connectivity index is 1.85. The van der Waals surface area contributed by atoms with Gasteiger partial charge in [-0.1, -0.05) is 5.16 Å². The first-order chi connectivity index (χ1) is 9.14. The van der Waals surface area contributed by atoms with Gasteiger partial charge in [-0.2, -0.15) is 4.98 Å². The fourth-order valence-corrected chi connectivity index (χ4v) is 2.01. The number of carbonyl (C=O) groups excluding carboxylic acids is 1. The molecule has 1 saturated heterocycles. The van der Waals surface area contributed by atoms with Crippen LogP contribution in [0.3, 0.4) is 0 Å². The molecule has 0 radical (unpaired) electrons. The molecule has 0 aromatic carbocycles. The number of nitrogens with one attached hydrogen (secondary N) is 1. The molecule has 1 aromatic heterocycles. The van der Waals surface area contributed by atoms with Gasteiger partial charge >= 0.3 is 0 Å². The Morgan fingerprint density at radius 2 is 2.37 bits per heavy atom. The van der Waals surface area contributed by atoms with Gasteiger partial charge in [0, 0.05) is 13.7 Å². The third kappa shape index (κ3) is 3.51. The van der Waals surface area contributed by atoms with Gasteiger partial charge in [0.15, 0.2) is 5.82 Å². The summed E-state index contributed by atoms with van der Waals surface area (Å²) >= 11 is 0. The molecule has 1 amide bonds. The minimum Gasteiger partial charge on any atom is -0.377 e. The van der Waals surface area contributed by atoms with E-state index in [9.17, 15) is 4.79 Å². The highest BCUT2D eigenvalue weighted by Crippen LogP contribution is 2.24. The second kappa shape index (κ2) is 6.12. The van der Waals surface area contributed by atoms with Gasteiger partial charge in [0.2, 0.25) is 5.89 Å². The third-order valence-corrected chi connectivity index (χ3v) is 3.13. The molecule has 19 heavy (non-hydrogen) atoms. The van der Waals surface area contributed by atoms with Gasteiger partial charge in [-0.05, 0) is 26.2 Å². The van der Waals surface area contributed by atoms with E-state index in [-0.39, 0.29) is 19.1 Å². The summed E-state index contributed by atoms with van der Waals surface area (Å²) in [5.41, 5.74) is -0.742. The standard InChI is InChI=1S/C12H19N3O4/c1-12(5-3-4-6-18-12)11(16)13-7-10-14-9(8-17-2)15-19-10/h3-8H2,1-2H3,(H,13,16)/t12-/m0/s1. The van der Waals surface area contributed by atoms with E-state index in [1.807, 2.05) is 6.92 Å². The molecule has 1 N–H and O–H groups in total. The average molecular weight is 269 g/mol.